The minimum absolute atomic E-state index is 0.0529. The molecule has 1 N–H and O–H groups in total. The maximum absolute atomic E-state index is 12.0. The monoisotopic (exact) mass is 385 g/mol. The van der Waals surface area contributed by atoms with Crippen molar-refractivity contribution >= 4 is 16.1 Å². The maximum atomic E-state index is 12.0. The van der Waals surface area contributed by atoms with Gasteiger partial charge in [-0.15, -0.1) is 0 Å². The van der Waals surface area contributed by atoms with E-state index >= 15 is 0 Å². The van der Waals surface area contributed by atoms with Crippen LogP contribution in [0.5, 0.6) is 0 Å². The molecule has 26 heavy (non-hydrogen) atoms. The summed E-state index contributed by atoms with van der Waals surface area (Å²) in [6, 6.07) is -0.0529. The zero-order valence-corrected chi connectivity index (χ0v) is 16.3. The molecular formula is C16H27N5O4S. The molecule has 2 amide bonds. The van der Waals surface area contributed by atoms with E-state index < -0.39 is 10.0 Å². The fourth-order valence-electron chi connectivity index (χ4n) is 3.23. The summed E-state index contributed by atoms with van der Waals surface area (Å²) in [5.74, 6) is 1.84. The first-order valence-corrected chi connectivity index (χ1v) is 10.9. The lowest BCUT2D eigenvalue weighted by Crippen LogP contribution is -2.53. The van der Waals surface area contributed by atoms with Crippen LogP contribution in [0, 0.1) is 5.92 Å². The van der Waals surface area contributed by atoms with Gasteiger partial charge in [0, 0.05) is 38.6 Å². The summed E-state index contributed by atoms with van der Waals surface area (Å²) in [5, 5.41) is 6.98. The lowest BCUT2D eigenvalue weighted by atomic mass is 9.97. The molecule has 1 aromatic rings. The Bertz CT molecular complexity index is 734. The first kappa shape index (κ1) is 19.1. The van der Waals surface area contributed by atoms with Gasteiger partial charge in [-0.3, -0.25) is 0 Å². The number of piperidine rings is 1. The molecule has 2 aliphatic heterocycles. The summed E-state index contributed by atoms with van der Waals surface area (Å²) in [6.07, 6.45) is 2.63. The molecule has 0 unspecified atom stereocenters. The highest BCUT2D eigenvalue weighted by atomic mass is 32.2. The average Bonchev–Trinajstić information content (AvgIpc) is 3.00. The van der Waals surface area contributed by atoms with E-state index in [4.69, 9.17) is 4.52 Å². The zero-order valence-electron chi connectivity index (χ0n) is 15.5. The fourth-order valence-corrected chi connectivity index (χ4v) is 4.10. The molecule has 0 saturated carbocycles. The van der Waals surface area contributed by atoms with Crippen LogP contribution in [0.25, 0.3) is 0 Å². The number of urea groups is 1. The molecule has 3 heterocycles. The number of nitrogens with zero attached hydrogens (tertiary/aromatic N) is 4. The molecular weight excluding hydrogens is 358 g/mol. The molecule has 2 saturated heterocycles. The molecule has 0 aromatic carbocycles. The molecule has 9 nitrogen and oxygen atoms in total. The van der Waals surface area contributed by atoms with Gasteiger partial charge in [0.25, 0.3) is 0 Å². The number of hydrogen-bond donors (Lipinski definition) is 1. The molecule has 0 atom stereocenters. The van der Waals surface area contributed by atoms with Crippen LogP contribution in [0.4, 0.5) is 4.79 Å². The number of rotatable bonds is 5. The van der Waals surface area contributed by atoms with E-state index in [1.165, 1.54) is 10.6 Å². The number of likely N-dealkylation sites (tertiary alicyclic amines) is 1. The third kappa shape index (κ3) is 4.35. The Labute approximate surface area is 154 Å². The second-order valence-corrected chi connectivity index (χ2v) is 9.59. The number of sulfonamides is 1. The minimum atomic E-state index is -3.13. The maximum Gasteiger partial charge on any atom is 0.317 e. The van der Waals surface area contributed by atoms with Crippen LogP contribution in [0.15, 0.2) is 4.52 Å². The predicted molar refractivity (Wildman–Crippen MR) is 95.2 cm³/mol. The van der Waals surface area contributed by atoms with Gasteiger partial charge in [0.2, 0.25) is 15.9 Å². The fraction of sp³-hybridized carbons (Fsp3) is 0.812. The predicted octanol–water partition coefficient (Wildman–Crippen LogP) is 0.973. The molecule has 0 bridgehead atoms. The summed E-state index contributed by atoms with van der Waals surface area (Å²) in [7, 11) is -3.13. The van der Waals surface area contributed by atoms with Gasteiger partial charge in [-0.1, -0.05) is 19.0 Å². The van der Waals surface area contributed by atoms with Crippen LogP contribution in [0.3, 0.4) is 0 Å². The summed E-state index contributed by atoms with van der Waals surface area (Å²) in [5.41, 5.74) is 0. The summed E-state index contributed by atoms with van der Waals surface area (Å²) < 4.78 is 30.0. The molecule has 3 rings (SSSR count). The minimum Gasteiger partial charge on any atom is -0.339 e. The quantitative estimate of drug-likeness (QED) is 0.809. The summed E-state index contributed by atoms with van der Waals surface area (Å²) in [4.78, 5) is 18.2. The van der Waals surface area contributed by atoms with Crippen molar-refractivity contribution in [2.24, 2.45) is 5.92 Å². The van der Waals surface area contributed by atoms with Gasteiger partial charge in [0.1, 0.15) is 0 Å². The SMILES string of the molecule is CC(C)CNC(=O)N1CC(c2nc(C3CCN(S(C)(=O)=O)CC3)no2)C1. The second-order valence-electron chi connectivity index (χ2n) is 7.61. The van der Waals surface area contributed by atoms with Crippen LogP contribution >= 0.6 is 0 Å². The lowest BCUT2D eigenvalue weighted by Gasteiger charge is -2.37. The first-order chi connectivity index (χ1) is 12.2. The molecule has 0 spiro atoms. The van der Waals surface area contributed by atoms with E-state index in [-0.39, 0.29) is 17.9 Å². The van der Waals surface area contributed by atoms with Crippen molar-refractivity contribution in [2.75, 3.05) is 39.0 Å². The first-order valence-electron chi connectivity index (χ1n) is 9.05. The Balaban J connectivity index is 1.49. The van der Waals surface area contributed by atoms with Crippen molar-refractivity contribution in [1.82, 2.24) is 24.7 Å². The van der Waals surface area contributed by atoms with Crippen LogP contribution < -0.4 is 5.32 Å². The number of amides is 2. The summed E-state index contributed by atoms with van der Waals surface area (Å²) in [6.45, 7) is 6.91. The third-order valence-corrected chi connectivity index (χ3v) is 6.23. The molecule has 0 aliphatic carbocycles. The number of carbonyl (C=O) groups is 1. The smallest absolute Gasteiger partial charge is 0.317 e. The zero-order chi connectivity index (χ0) is 18.9. The van der Waals surface area contributed by atoms with Gasteiger partial charge >= 0.3 is 6.03 Å². The van der Waals surface area contributed by atoms with E-state index in [9.17, 15) is 13.2 Å². The Morgan fingerprint density at radius 1 is 1.27 bits per heavy atom. The Morgan fingerprint density at radius 2 is 1.92 bits per heavy atom. The molecule has 146 valence electrons. The molecule has 0 radical (unpaired) electrons. The molecule has 10 heteroatoms. The van der Waals surface area contributed by atoms with E-state index in [1.807, 2.05) is 0 Å². The van der Waals surface area contributed by atoms with Crippen LogP contribution in [0.2, 0.25) is 0 Å². The normalized spacial score (nSPS) is 20.4. The molecule has 1 aromatic heterocycles. The number of carbonyl (C=O) groups excluding carboxylic acids is 1. The van der Waals surface area contributed by atoms with Crippen molar-refractivity contribution < 1.29 is 17.7 Å². The standard InChI is InChI=1S/C16H27N5O4S/c1-11(2)8-17-16(22)20-9-13(10-20)15-18-14(19-25-15)12-4-6-21(7-5-12)26(3,23)24/h11-13H,4-10H2,1-3H3,(H,17,22). The summed E-state index contributed by atoms with van der Waals surface area (Å²) >= 11 is 0. The van der Waals surface area contributed by atoms with Gasteiger partial charge in [0.15, 0.2) is 5.82 Å². The van der Waals surface area contributed by atoms with Crippen molar-refractivity contribution in [1.29, 1.82) is 0 Å². The Hall–Kier alpha value is -1.68. The van der Waals surface area contributed by atoms with Crippen molar-refractivity contribution in [3.05, 3.63) is 11.7 Å². The number of hydrogen-bond acceptors (Lipinski definition) is 6. The van der Waals surface area contributed by atoms with E-state index in [2.05, 4.69) is 29.3 Å². The van der Waals surface area contributed by atoms with Gasteiger partial charge in [-0.25, -0.2) is 17.5 Å². The van der Waals surface area contributed by atoms with Crippen molar-refractivity contribution in [3.63, 3.8) is 0 Å². The van der Waals surface area contributed by atoms with Gasteiger partial charge in [0.05, 0.1) is 12.2 Å². The topological polar surface area (TPSA) is 109 Å². The van der Waals surface area contributed by atoms with E-state index in [1.54, 1.807) is 4.90 Å². The number of aromatic nitrogens is 2. The van der Waals surface area contributed by atoms with Crippen molar-refractivity contribution in [2.45, 2.75) is 38.5 Å². The van der Waals surface area contributed by atoms with Crippen molar-refractivity contribution in [3.8, 4) is 0 Å². The van der Waals surface area contributed by atoms with Gasteiger partial charge < -0.3 is 14.7 Å². The van der Waals surface area contributed by atoms with Crippen LogP contribution in [-0.2, 0) is 10.0 Å². The van der Waals surface area contributed by atoms with Crippen LogP contribution in [-0.4, -0.2) is 72.8 Å². The lowest BCUT2D eigenvalue weighted by molar-refractivity contribution is 0.136. The molecule has 2 aliphatic rings. The second kappa shape index (κ2) is 7.51. The Kier molecular flexibility index (Phi) is 5.52. The Morgan fingerprint density at radius 3 is 2.50 bits per heavy atom. The van der Waals surface area contributed by atoms with Gasteiger partial charge in [-0.2, -0.15) is 4.98 Å². The largest absolute Gasteiger partial charge is 0.339 e. The third-order valence-electron chi connectivity index (χ3n) is 4.93. The van der Waals surface area contributed by atoms with Crippen LogP contribution in [0.1, 0.15) is 50.2 Å². The number of nitrogens with one attached hydrogen (secondary N) is 1. The highest BCUT2D eigenvalue weighted by molar-refractivity contribution is 7.88. The highest BCUT2D eigenvalue weighted by Gasteiger charge is 2.36. The van der Waals surface area contributed by atoms with E-state index in [0.29, 0.717) is 63.2 Å². The highest BCUT2D eigenvalue weighted by Crippen LogP contribution is 2.30. The average molecular weight is 385 g/mol. The van der Waals surface area contributed by atoms with E-state index in [0.717, 1.165) is 0 Å². The molecule has 2 fully saturated rings. The van der Waals surface area contributed by atoms with Gasteiger partial charge in [-0.05, 0) is 18.8 Å².